The van der Waals surface area contributed by atoms with E-state index in [1.807, 2.05) is 0 Å². The minimum Gasteiger partial charge on any atom is -0.394 e. The summed E-state index contributed by atoms with van der Waals surface area (Å²) in [6.07, 6.45) is -4.02. The van der Waals surface area contributed by atoms with Gasteiger partial charge in [-0.1, -0.05) is 0 Å². The van der Waals surface area contributed by atoms with Crippen LogP contribution in [0, 0.1) is 0 Å². The van der Waals surface area contributed by atoms with E-state index in [1.165, 1.54) is 0 Å². The standard InChI is InChI=1S/C6H14N2O4/c7-3-5(11)4(10)2(1-9)12-6(3)8/h2-6,9-11H,1,7-8H2. The molecule has 1 fully saturated rings. The number of aliphatic hydroxyl groups is 3. The van der Waals surface area contributed by atoms with Gasteiger partial charge in [-0.15, -0.1) is 0 Å². The van der Waals surface area contributed by atoms with Gasteiger partial charge in [0.1, 0.15) is 24.5 Å². The van der Waals surface area contributed by atoms with E-state index in [1.54, 1.807) is 0 Å². The smallest absolute Gasteiger partial charge is 0.124 e. The monoisotopic (exact) mass is 178 g/mol. The molecule has 7 N–H and O–H groups in total. The average molecular weight is 178 g/mol. The molecule has 1 aliphatic heterocycles. The van der Waals surface area contributed by atoms with Crippen molar-refractivity contribution in [2.45, 2.75) is 30.6 Å². The largest absolute Gasteiger partial charge is 0.394 e. The molecule has 0 saturated carbocycles. The first-order valence-electron chi connectivity index (χ1n) is 3.71. The molecule has 12 heavy (non-hydrogen) atoms. The molecule has 6 heteroatoms. The predicted octanol–water partition coefficient (Wildman–Crippen LogP) is -3.29. The van der Waals surface area contributed by atoms with Crippen LogP contribution in [0.3, 0.4) is 0 Å². The summed E-state index contributed by atoms with van der Waals surface area (Å²) in [6, 6.07) is -0.817. The fraction of sp³-hybridized carbons (Fsp3) is 1.00. The first-order valence-corrected chi connectivity index (χ1v) is 3.71. The maximum absolute atomic E-state index is 9.27. The molecule has 72 valence electrons. The summed E-state index contributed by atoms with van der Waals surface area (Å²) in [7, 11) is 0. The Bertz CT molecular complexity index is 152. The molecule has 0 aromatic heterocycles. The van der Waals surface area contributed by atoms with Gasteiger partial charge in [-0.25, -0.2) is 0 Å². The minimum atomic E-state index is -1.18. The summed E-state index contributed by atoms with van der Waals surface area (Å²) >= 11 is 0. The van der Waals surface area contributed by atoms with Gasteiger partial charge in [0.15, 0.2) is 0 Å². The van der Waals surface area contributed by atoms with E-state index < -0.39 is 37.2 Å². The van der Waals surface area contributed by atoms with Crippen LogP contribution in [0.5, 0.6) is 0 Å². The second-order valence-electron chi connectivity index (χ2n) is 2.88. The van der Waals surface area contributed by atoms with Crippen LogP contribution in [0.4, 0.5) is 0 Å². The van der Waals surface area contributed by atoms with E-state index >= 15 is 0 Å². The zero-order valence-corrected chi connectivity index (χ0v) is 6.50. The molecule has 0 bridgehead atoms. The third-order valence-electron chi connectivity index (χ3n) is 2.02. The lowest BCUT2D eigenvalue weighted by Gasteiger charge is -2.38. The van der Waals surface area contributed by atoms with Crippen LogP contribution in [0.1, 0.15) is 0 Å². The molecule has 0 radical (unpaired) electrons. The molecule has 0 aromatic carbocycles. The Morgan fingerprint density at radius 1 is 1.17 bits per heavy atom. The van der Waals surface area contributed by atoms with Crippen LogP contribution in [-0.2, 0) is 4.74 Å². The number of ether oxygens (including phenoxy) is 1. The second kappa shape index (κ2) is 3.65. The van der Waals surface area contributed by atoms with Crippen molar-refractivity contribution in [3.63, 3.8) is 0 Å². The third-order valence-corrected chi connectivity index (χ3v) is 2.02. The molecule has 1 aliphatic rings. The highest BCUT2D eigenvalue weighted by molar-refractivity contribution is 4.92. The highest BCUT2D eigenvalue weighted by atomic mass is 16.5. The van der Waals surface area contributed by atoms with Crippen LogP contribution < -0.4 is 11.5 Å². The molecular weight excluding hydrogens is 164 g/mol. The van der Waals surface area contributed by atoms with Crippen molar-refractivity contribution in [2.75, 3.05) is 6.61 Å². The molecule has 5 unspecified atom stereocenters. The fourth-order valence-electron chi connectivity index (χ4n) is 1.17. The summed E-state index contributed by atoms with van der Waals surface area (Å²) in [5.41, 5.74) is 10.8. The molecule has 1 heterocycles. The second-order valence-corrected chi connectivity index (χ2v) is 2.88. The van der Waals surface area contributed by atoms with Crippen LogP contribution in [0.2, 0.25) is 0 Å². The van der Waals surface area contributed by atoms with E-state index in [2.05, 4.69) is 0 Å². The van der Waals surface area contributed by atoms with Gasteiger partial charge >= 0.3 is 0 Å². The first-order chi connectivity index (χ1) is 5.57. The highest BCUT2D eigenvalue weighted by Crippen LogP contribution is 2.16. The van der Waals surface area contributed by atoms with Crippen molar-refractivity contribution < 1.29 is 20.1 Å². The lowest BCUT2D eigenvalue weighted by Crippen LogP contribution is -2.64. The Hall–Kier alpha value is -0.240. The topological polar surface area (TPSA) is 122 Å². The SMILES string of the molecule is NC1OC(CO)C(O)C(O)C1N. The Labute approximate surface area is 69.7 Å². The molecule has 0 aromatic rings. The number of hydrogen-bond acceptors (Lipinski definition) is 6. The van der Waals surface area contributed by atoms with E-state index in [0.29, 0.717) is 0 Å². The summed E-state index contributed by atoms with van der Waals surface area (Å²) in [5, 5.41) is 27.2. The molecule has 5 atom stereocenters. The lowest BCUT2D eigenvalue weighted by molar-refractivity contribution is -0.186. The van der Waals surface area contributed by atoms with E-state index in [4.69, 9.17) is 21.3 Å². The van der Waals surface area contributed by atoms with Crippen LogP contribution in [0.15, 0.2) is 0 Å². The number of aliphatic hydroxyl groups excluding tert-OH is 3. The third kappa shape index (κ3) is 1.58. The van der Waals surface area contributed by atoms with Crippen LogP contribution >= 0.6 is 0 Å². The zero-order valence-electron chi connectivity index (χ0n) is 6.50. The Morgan fingerprint density at radius 2 is 1.75 bits per heavy atom. The number of nitrogens with two attached hydrogens (primary N) is 2. The molecule has 0 amide bonds. The van der Waals surface area contributed by atoms with Gasteiger partial charge in [0, 0.05) is 0 Å². The summed E-state index contributed by atoms with van der Waals surface area (Å²) in [5.74, 6) is 0. The average Bonchev–Trinajstić information content (AvgIpc) is 2.08. The van der Waals surface area contributed by atoms with Crippen molar-refractivity contribution in [1.82, 2.24) is 0 Å². The lowest BCUT2D eigenvalue weighted by atomic mass is 9.97. The van der Waals surface area contributed by atoms with Gasteiger partial charge in [-0.2, -0.15) is 0 Å². The van der Waals surface area contributed by atoms with E-state index in [0.717, 1.165) is 0 Å². The van der Waals surface area contributed by atoms with Gasteiger partial charge in [0.05, 0.1) is 12.6 Å². The summed E-state index contributed by atoms with van der Waals surface area (Å²) in [6.45, 7) is -0.390. The quantitative estimate of drug-likeness (QED) is 0.287. The molecule has 0 spiro atoms. The van der Waals surface area contributed by atoms with Crippen molar-refractivity contribution in [2.24, 2.45) is 11.5 Å². The Morgan fingerprint density at radius 3 is 2.25 bits per heavy atom. The molecular formula is C6H14N2O4. The van der Waals surface area contributed by atoms with Crippen LogP contribution in [-0.4, -0.2) is 52.5 Å². The molecule has 6 nitrogen and oxygen atoms in total. The minimum absolute atomic E-state index is 0.390. The Balaban J connectivity index is 2.63. The normalized spacial score (nSPS) is 49.2. The van der Waals surface area contributed by atoms with Crippen molar-refractivity contribution >= 4 is 0 Å². The van der Waals surface area contributed by atoms with E-state index in [9.17, 15) is 10.2 Å². The molecule has 1 saturated heterocycles. The highest BCUT2D eigenvalue weighted by Gasteiger charge is 2.40. The zero-order chi connectivity index (χ0) is 9.30. The van der Waals surface area contributed by atoms with E-state index in [-0.39, 0.29) is 0 Å². The maximum atomic E-state index is 9.27. The van der Waals surface area contributed by atoms with Crippen molar-refractivity contribution in [3.05, 3.63) is 0 Å². The van der Waals surface area contributed by atoms with Gasteiger partial charge in [0.2, 0.25) is 0 Å². The number of rotatable bonds is 1. The predicted molar refractivity (Wildman–Crippen MR) is 39.9 cm³/mol. The van der Waals surface area contributed by atoms with Crippen molar-refractivity contribution in [3.8, 4) is 0 Å². The molecule has 0 aliphatic carbocycles. The van der Waals surface area contributed by atoms with Gasteiger partial charge in [-0.05, 0) is 0 Å². The van der Waals surface area contributed by atoms with Gasteiger partial charge in [0.25, 0.3) is 0 Å². The van der Waals surface area contributed by atoms with Gasteiger partial charge < -0.3 is 31.5 Å². The van der Waals surface area contributed by atoms with Crippen molar-refractivity contribution in [1.29, 1.82) is 0 Å². The maximum Gasteiger partial charge on any atom is 0.124 e. The number of hydrogen-bond donors (Lipinski definition) is 5. The molecule has 1 rings (SSSR count). The van der Waals surface area contributed by atoms with Gasteiger partial charge in [-0.3, -0.25) is 0 Å². The first kappa shape index (κ1) is 9.85. The van der Waals surface area contributed by atoms with Crippen LogP contribution in [0.25, 0.3) is 0 Å². The fourth-order valence-corrected chi connectivity index (χ4v) is 1.17. The summed E-state index contributed by atoms with van der Waals surface area (Å²) in [4.78, 5) is 0. The summed E-state index contributed by atoms with van der Waals surface area (Å²) < 4.78 is 4.92. The Kier molecular flexibility index (Phi) is 2.99.